The molecule has 0 aliphatic carbocycles. The lowest BCUT2D eigenvalue weighted by Gasteiger charge is -2.07. The average Bonchev–Trinajstić information content (AvgIpc) is 3.07. The summed E-state index contributed by atoms with van der Waals surface area (Å²) in [5, 5.41) is 11.4. The quantitative estimate of drug-likeness (QED) is 0.757. The van der Waals surface area contributed by atoms with E-state index in [1.165, 1.54) is 11.3 Å². The second-order valence-electron chi connectivity index (χ2n) is 4.50. The first-order valence-electron chi connectivity index (χ1n) is 6.78. The first-order chi connectivity index (χ1) is 10.3. The topological polar surface area (TPSA) is 56.0 Å². The Kier molecular flexibility index (Phi) is 4.08. The molecule has 110 valence electrons. The number of aliphatic hydroxyl groups is 1. The van der Waals surface area contributed by atoms with Gasteiger partial charge in [-0.15, -0.1) is 11.3 Å². The van der Waals surface area contributed by atoms with E-state index in [1.54, 1.807) is 0 Å². The maximum atomic E-state index is 9.49. The summed E-state index contributed by atoms with van der Waals surface area (Å²) in [6, 6.07) is 7.39. The van der Waals surface area contributed by atoms with E-state index in [1.807, 2.05) is 40.2 Å². The Morgan fingerprint density at radius 2 is 2.00 bits per heavy atom. The summed E-state index contributed by atoms with van der Waals surface area (Å²) in [5.41, 5.74) is 0.651. The van der Waals surface area contributed by atoms with Gasteiger partial charge in [0.1, 0.15) is 17.2 Å². The number of aliphatic hydroxyl groups excluding tert-OH is 1. The van der Waals surface area contributed by atoms with Crippen LogP contribution in [-0.2, 0) is 6.61 Å². The number of benzene rings is 1. The largest absolute Gasteiger partial charge is 0.494 e. The summed E-state index contributed by atoms with van der Waals surface area (Å²) in [7, 11) is 0. The summed E-state index contributed by atoms with van der Waals surface area (Å²) < 4.78 is 13.1. The van der Waals surface area contributed by atoms with E-state index in [9.17, 15) is 5.11 Å². The van der Waals surface area contributed by atoms with E-state index in [4.69, 9.17) is 9.47 Å². The van der Waals surface area contributed by atoms with Crippen LogP contribution in [-0.4, -0.2) is 21.1 Å². The van der Waals surface area contributed by atoms with Gasteiger partial charge in [-0.25, -0.2) is 0 Å². The molecule has 5 nitrogen and oxygen atoms in total. The van der Waals surface area contributed by atoms with Crippen LogP contribution in [0.2, 0.25) is 0 Å². The smallest absolute Gasteiger partial charge is 0.244 e. The van der Waals surface area contributed by atoms with Crippen LogP contribution in [0.15, 0.2) is 35.8 Å². The molecule has 2 aromatic heterocycles. The number of hydrogen-bond acceptors (Lipinski definition) is 5. The predicted octanol–water partition coefficient (Wildman–Crippen LogP) is 3.47. The Morgan fingerprint density at radius 1 is 1.24 bits per heavy atom. The van der Waals surface area contributed by atoms with Gasteiger partial charge >= 0.3 is 0 Å². The molecule has 1 aromatic carbocycles. The highest BCUT2D eigenvalue weighted by Crippen LogP contribution is 2.28. The van der Waals surface area contributed by atoms with Crippen LogP contribution in [0.4, 0.5) is 0 Å². The van der Waals surface area contributed by atoms with E-state index in [-0.39, 0.29) is 6.61 Å². The molecule has 2 heterocycles. The van der Waals surface area contributed by atoms with Gasteiger partial charge in [0.2, 0.25) is 5.88 Å². The van der Waals surface area contributed by atoms with Gasteiger partial charge in [-0.3, -0.25) is 4.40 Å². The lowest BCUT2D eigenvalue weighted by Crippen LogP contribution is -1.95. The zero-order chi connectivity index (χ0) is 14.7. The maximum absolute atomic E-state index is 9.49. The lowest BCUT2D eigenvalue weighted by atomic mass is 10.3. The molecule has 0 atom stereocenters. The molecule has 0 unspecified atom stereocenters. The molecule has 0 radical (unpaired) electrons. The van der Waals surface area contributed by atoms with Crippen molar-refractivity contribution in [3.63, 3.8) is 0 Å². The molecule has 0 amide bonds. The van der Waals surface area contributed by atoms with E-state index in [2.05, 4.69) is 11.9 Å². The van der Waals surface area contributed by atoms with Crippen LogP contribution in [0, 0.1) is 0 Å². The van der Waals surface area contributed by atoms with Gasteiger partial charge in [0, 0.05) is 11.6 Å². The summed E-state index contributed by atoms with van der Waals surface area (Å²) >= 11 is 1.50. The van der Waals surface area contributed by atoms with Gasteiger partial charge in [-0.1, -0.05) is 6.92 Å². The van der Waals surface area contributed by atoms with Crippen molar-refractivity contribution in [1.82, 2.24) is 9.38 Å². The molecular weight excluding hydrogens is 288 g/mol. The molecule has 0 saturated carbocycles. The second-order valence-corrected chi connectivity index (χ2v) is 5.37. The van der Waals surface area contributed by atoms with E-state index >= 15 is 0 Å². The molecule has 0 fully saturated rings. The van der Waals surface area contributed by atoms with Crippen LogP contribution < -0.4 is 9.47 Å². The molecule has 6 heteroatoms. The normalized spacial score (nSPS) is 11.0. The fraction of sp³-hybridized carbons (Fsp3) is 0.267. The molecular formula is C15H16N2O3S. The first kappa shape index (κ1) is 13.9. The van der Waals surface area contributed by atoms with Gasteiger partial charge in [0.15, 0.2) is 4.96 Å². The lowest BCUT2D eigenvalue weighted by molar-refractivity contribution is 0.269. The SMILES string of the molecule is CCCOc1ccc(Oc2nc3sccn3c2CO)cc1. The Labute approximate surface area is 126 Å². The van der Waals surface area contributed by atoms with Crippen molar-refractivity contribution in [1.29, 1.82) is 0 Å². The highest BCUT2D eigenvalue weighted by molar-refractivity contribution is 7.15. The molecule has 1 N–H and O–H groups in total. The number of fused-ring (bicyclic) bond motifs is 1. The fourth-order valence-corrected chi connectivity index (χ4v) is 2.70. The number of nitrogens with zero attached hydrogens (tertiary/aromatic N) is 2. The van der Waals surface area contributed by atoms with E-state index in [0.29, 0.717) is 23.9 Å². The standard InChI is InChI=1S/C15H16N2O3S/c1-2-8-19-11-3-5-12(6-4-11)20-14-13(10-18)17-7-9-21-15(17)16-14/h3-7,9,18H,2,8,10H2,1H3. The maximum Gasteiger partial charge on any atom is 0.244 e. The second kappa shape index (κ2) is 6.15. The minimum atomic E-state index is -0.120. The summed E-state index contributed by atoms with van der Waals surface area (Å²) in [6.45, 7) is 2.65. The third-order valence-corrected chi connectivity index (χ3v) is 3.74. The highest BCUT2D eigenvalue weighted by atomic mass is 32.1. The van der Waals surface area contributed by atoms with Gasteiger partial charge in [-0.05, 0) is 30.7 Å². The molecule has 3 aromatic rings. The number of hydrogen-bond donors (Lipinski definition) is 1. The van der Waals surface area contributed by atoms with Crippen molar-refractivity contribution in [2.75, 3.05) is 6.61 Å². The number of aromatic nitrogens is 2. The van der Waals surface area contributed by atoms with Crippen molar-refractivity contribution in [3.05, 3.63) is 41.5 Å². The number of rotatable bonds is 6. The van der Waals surface area contributed by atoms with Crippen molar-refractivity contribution in [3.8, 4) is 17.4 Å². The molecule has 3 rings (SSSR count). The monoisotopic (exact) mass is 304 g/mol. The van der Waals surface area contributed by atoms with Crippen molar-refractivity contribution in [2.45, 2.75) is 20.0 Å². The Balaban J connectivity index is 1.79. The summed E-state index contributed by atoms with van der Waals surface area (Å²) in [5.74, 6) is 1.92. The first-order valence-corrected chi connectivity index (χ1v) is 7.65. The Morgan fingerprint density at radius 3 is 2.71 bits per heavy atom. The third-order valence-electron chi connectivity index (χ3n) is 2.99. The number of ether oxygens (including phenoxy) is 2. The van der Waals surface area contributed by atoms with E-state index < -0.39 is 0 Å². The summed E-state index contributed by atoms with van der Waals surface area (Å²) in [6.07, 6.45) is 2.84. The molecule has 0 saturated heterocycles. The zero-order valence-corrected chi connectivity index (χ0v) is 12.5. The molecule has 0 aliphatic heterocycles. The highest BCUT2D eigenvalue weighted by Gasteiger charge is 2.14. The molecule has 0 aliphatic rings. The number of imidazole rings is 1. The van der Waals surface area contributed by atoms with Gasteiger partial charge in [-0.2, -0.15) is 4.98 Å². The minimum Gasteiger partial charge on any atom is -0.494 e. The predicted molar refractivity (Wildman–Crippen MR) is 81.3 cm³/mol. The fourth-order valence-electron chi connectivity index (χ4n) is 1.97. The van der Waals surface area contributed by atoms with Crippen LogP contribution >= 0.6 is 11.3 Å². The van der Waals surface area contributed by atoms with Gasteiger partial charge < -0.3 is 14.6 Å². The number of thiazole rings is 1. The molecule has 0 bridgehead atoms. The van der Waals surface area contributed by atoms with Crippen molar-refractivity contribution >= 4 is 16.3 Å². The van der Waals surface area contributed by atoms with Crippen LogP contribution in [0.1, 0.15) is 19.0 Å². The summed E-state index contributed by atoms with van der Waals surface area (Å²) in [4.78, 5) is 5.18. The van der Waals surface area contributed by atoms with Crippen LogP contribution in [0.5, 0.6) is 17.4 Å². The van der Waals surface area contributed by atoms with Crippen LogP contribution in [0.3, 0.4) is 0 Å². The minimum absolute atomic E-state index is 0.120. The molecule has 21 heavy (non-hydrogen) atoms. The van der Waals surface area contributed by atoms with Crippen LogP contribution in [0.25, 0.3) is 4.96 Å². The zero-order valence-electron chi connectivity index (χ0n) is 11.7. The van der Waals surface area contributed by atoms with Crippen molar-refractivity contribution < 1.29 is 14.6 Å². The van der Waals surface area contributed by atoms with Gasteiger partial charge in [0.25, 0.3) is 0 Å². The van der Waals surface area contributed by atoms with E-state index in [0.717, 1.165) is 17.1 Å². The van der Waals surface area contributed by atoms with Crippen molar-refractivity contribution in [2.24, 2.45) is 0 Å². The Hall–Kier alpha value is -2.05. The average molecular weight is 304 g/mol. The Bertz CT molecular complexity index is 718. The third kappa shape index (κ3) is 2.86. The molecule has 0 spiro atoms. The van der Waals surface area contributed by atoms with Gasteiger partial charge in [0.05, 0.1) is 13.2 Å².